The van der Waals surface area contributed by atoms with Crippen molar-refractivity contribution in [3.05, 3.63) is 113 Å². The molecule has 0 unspecified atom stereocenters. The largest absolute Gasteiger partial charge is 1.00 e. The molecule has 7 aromatic rings. The fourth-order valence-electron chi connectivity index (χ4n) is 5.90. The van der Waals surface area contributed by atoms with Crippen LogP contribution in [0, 0.1) is 0 Å². The second kappa shape index (κ2) is 18.6. The molecular formula is C35H19Cl2LiN7NaO13S4. The first-order valence-corrected chi connectivity index (χ1v) is 22.9. The van der Waals surface area contributed by atoms with Gasteiger partial charge in [0, 0.05) is 27.1 Å². The zero-order chi connectivity index (χ0) is 44.2. The van der Waals surface area contributed by atoms with E-state index >= 15 is 0 Å². The topological polar surface area (TPSA) is 327 Å². The Bertz CT molecular complexity index is 3590. The number of amides is 1. The molecule has 3 N–H and O–H groups in total. The minimum atomic E-state index is -5.29. The second-order valence-electron chi connectivity index (χ2n) is 12.5. The monoisotopic (exact) mass is 973 g/mol. The van der Waals surface area contributed by atoms with E-state index in [4.69, 9.17) is 23.2 Å². The summed E-state index contributed by atoms with van der Waals surface area (Å²) in [6, 6.07) is 18.0. The molecule has 7 rings (SSSR count). The summed E-state index contributed by atoms with van der Waals surface area (Å²) in [6.45, 7) is 0. The Labute approximate surface area is 400 Å². The molecule has 63 heavy (non-hydrogen) atoms. The maximum Gasteiger partial charge on any atom is 1.00 e. The van der Waals surface area contributed by atoms with E-state index in [1.165, 1.54) is 60.7 Å². The Balaban J connectivity index is 0.00000374. The molecule has 0 atom stereocenters. The third-order valence-electron chi connectivity index (χ3n) is 8.61. The summed E-state index contributed by atoms with van der Waals surface area (Å²) in [4.78, 5) is 18.5. The number of halogens is 2. The molecule has 0 bridgehead atoms. The molecule has 0 fully saturated rings. The SMILES string of the molecule is O=C(Nc1ccc(N=Nc2ccc(N=Nc3cc(S(=O)(=O)[O-])ccc3S(=O)(=O)[O-])c3cc(S(=O)(=O)O)ccc23)c2cccc(S(=O)(=O)O)c12)c1ccc2nc(Cl)c(Cl)nc2c1.[Li+].[Na+]. The molecule has 6 aromatic carbocycles. The molecule has 0 aliphatic rings. The van der Waals surface area contributed by atoms with Crippen LogP contribution >= 0.6 is 23.2 Å². The van der Waals surface area contributed by atoms with Gasteiger partial charge in [0.15, 0.2) is 10.3 Å². The van der Waals surface area contributed by atoms with Crippen molar-refractivity contribution in [3.63, 3.8) is 0 Å². The summed E-state index contributed by atoms with van der Waals surface area (Å²) in [5, 5.41) is 18.4. The van der Waals surface area contributed by atoms with Crippen molar-refractivity contribution >= 4 is 131 Å². The first-order valence-electron chi connectivity index (χ1n) is 16.4. The van der Waals surface area contributed by atoms with Crippen molar-refractivity contribution in [1.82, 2.24) is 9.97 Å². The van der Waals surface area contributed by atoms with Crippen LogP contribution in [0.2, 0.25) is 10.3 Å². The number of anilines is 1. The summed E-state index contributed by atoms with van der Waals surface area (Å²) in [7, 11) is -20.2. The third-order valence-corrected chi connectivity index (χ3v) is 12.7. The van der Waals surface area contributed by atoms with Crippen LogP contribution in [0.5, 0.6) is 0 Å². The van der Waals surface area contributed by atoms with Gasteiger partial charge < -0.3 is 14.4 Å². The number of hydrogen-bond donors (Lipinski definition) is 3. The first kappa shape index (κ1) is 49.7. The van der Waals surface area contributed by atoms with Gasteiger partial charge in [-0.1, -0.05) is 41.4 Å². The van der Waals surface area contributed by atoms with E-state index in [0.29, 0.717) is 23.7 Å². The number of carbonyl (C=O) groups excluding carboxylic acids is 1. The molecule has 1 heterocycles. The van der Waals surface area contributed by atoms with Gasteiger partial charge in [-0.25, -0.2) is 26.8 Å². The van der Waals surface area contributed by atoms with Gasteiger partial charge in [0.2, 0.25) is 0 Å². The number of nitrogens with one attached hydrogen (secondary N) is 1. The molecule has 0 saturated carbocycles. The van der Waals surface area contributed by atoms with Crippen molar-refractivity contribution < 1.29 is 105 Å². The first-order chi connectivity index (χ1) is 28.5. The van der Waals surface area contributed by atoms with Crippen molar-refractivity contribution in [1.29, 1.82) is 0 Å². The van der Waals surface area contributed by atoms with E-state index in [0.717, 1.165) is 18.2 Å². The minimum absolute atomic E-state index is 0. The van der Waals surface area contributed by atoms with E-state index in [1.54, 1.807) is 0 Å². The van der Waals surface area contributed by atoms with E-state index in [-0.39, 0.29) is 114 Å². The molecule has 312 valence electrons. The Kier molecular flexibility index (Phi) is 14.7. The zero-order valence-electron chi connectivity index (χ0n) is 31.7. The molecular weight excluding hydrogens is 956 g/mol. The number of rotatable bonds is 10. The number of nitrogens with zero attached hydrogens (tertiary/aromatic N) is 6. The van der Waals surface area contributed by atoms with Gasteiger partial charge in [0.1, 0.15) is 30.8 Å². The Morgan fingerprint density at radius 1 is 0.571 bits per heavy atom. The fraction of sp³-hybridized carbons (Fsp3) is 0. The van der Waals surface area contributed by atoms with Crippen LogP contribution in [0.25, 0.3) is 32.6 Å². The van der Waals surface area contributed by atoms with E-state index in [9.17, 15) is 56.7 Å². The Hall–Kier alpha value is -4.33. The molecule has 1 aromatic heterocycles. The molecule has 20 nitrogen and oxygen atoms in total. The number of carbonyl (C=O) groups is 1. The van der Waals surface area contributed by atoms with Crippen molar-refractivity contribution in [3.8, 4) is 0 Å². The summed E-state index contributed by atoms with van der Waals surface area (Å²) < 4.78 is 140. The molecule has 1 amide bonds. The van der Waals surface area contributed by atoms with Crippen LogP contribution in [-0.4, -0.2) is 67.8 Å². The van der Waals surface area contributed by atoms with Crippen molar-refractivity contribution in [2.75, 3.05) is 5.32 Å². The average Bonchev–Trinajstić information content (AvgIpc) is 3.18. The van der Waals surface area contributed by atoms with Crippen LogP contribution in [0.3, 0.4) is 0 Å². The smallest absolute Gasteiger partial charge is 0.744 e. The number of fused-ring (bicyclic) bond motifs is 3. The summed E-state index contributed by atoms with van der Waals surface area (Å²) in [6.07, 6.45) is 0. The predicted molar refractivity (Wildman–Crippen MR) is 216 cm³/mol. The standard InChI is InChI=1S/C35H21Cl2N7O13S4.Li.Na/c36-33-34(37)39-28-14-17(4-8-26(28)38-33)35(45)40-27-12-11-24(21-2-1-3-31(32(21)27)61(55,56)57)42-41-23-9-10-25(22-15-18(58(46,47)48)5-7-20(22)23)43-44-29-16-19(59(49,50)51)6-13-30(29)60(52,53)54;;/h1-16H,(H,40,45)(H,46,47,48)(H,49,50,51)(H,52,53,54)(H,55,56,57);;/q;2*+1/p-2. The van der Waals surface area contributed by atoms with Crippen LogP contribution in [0.1, 0.15) is 10.4 Å². The van der Waals surface area contributed by atoms with Gasteiger partial charge in [-0.2, -0.15) is 16.8 Å². The Morgan fingerprint density at radius 2 is 1.14 bits per heavy atom. The van der Waals surface area contributed by atoms with E-state index in [2.05, 4.69) is 35.7 Å². The molecule has 0 spiro atoms. The number of hydrogen-bond acceptors (Lipinski definition) is 17. The van der Waals surface area contributed by atoms with Gasteiger partial charge in [0.05, 0.1) is 48.5 Å². The van der Waals surface area contributed by atoms with Crippen LogP contribution in [-0.2, 0) is 40.5 Å². The number of aromatic nitrogens is 2. The molecule has 0 aliphatic heterocycles. The van der Waals surface area contributed by atoms with Crippen LogP contribution in [0.15, 0.2) is 137 Å². The van der Waals surface area contributed by atoms with Gasteiger partial charge in [0.25, 0.3) is 26.1 Å². The van der Waals surface area contributed by atoms with Gasteiger partial charge in [-0.05, 0) is 78.9 Å². The van der Waals surface area contributed by atoms with Crippen molar-refractivity contribution in [2.45, 2.75) is 19.6 Å². The third kappa shape index (κ3) is 10.8. The predicted octanol–water partition coefficient (Wildman–Crippen LogP) is 1.64. The van der Waals surface area contributed by atoms with E-state index < -0.39 is 71.6 Å². The maximum absolute atomic E-state index is 13.5. The maximum atomic E-state index is 13.5. The second-order valence-corrected chi connectivity index (χ2v) is 18.7. The normalized spacial score (nSPS) is 12.5. The van der Waals surface area contributed by atoms with Gasteiger partial charge in [-0.3, -0.25) is 13.9 Å². The van der Waals surface area contributed by atoms with Crippen LogP contribution < -0.4 is 53.7 Å². The zero-order valence-corrected chi connectivity index (χ0v) is 38.5. The minimum Gasteiger partial charge on any atom is -0.744 e. The van der Waals surface area contributed by atoms with Crippen LogP contribution in [0.4, 0.5) is 28.4 Å². The fourth-order valence-corrected chi connectivity index (χ4v) is 8.48. The van der Waals surface area contributed by atoms with E-state index in [1.807, 2.05) is 0 Å². The summed E-state index contributed by atoms with van der Waals surface area (Å²) in [5.41, 5.74) is -0.534. The summed E-state index contributed by atoms with van der Waals surface area (Å²) >= 11 is 11.9. The number of azo groups is 2. The van der Waals surface area contributed by atoms with Gasteiger partial charge >= 0.3 is 48.4 Å². The number of benzene rings is 6. The van der Waals surface area contributed by atoms with Gasteiger partial charge in [-0.15, -0.1) is 20.5 Å². The molecule has 28 heteroatoms. The Morgan fingerprint density at radius 3 is 1.75 bits per heavy atom. The quantitative estimate of drug-likeness (QED) is 0.0997. The summed E-state index contributed by atoms with van der Waals surface area (Å²) in [5.74, 6) is -0.724. The molecule has 0 radical (unpaired) electrons. The molecule has 0 saturated heterocycles. The van der Waals surface area contributed by atoms with Crippen molar-refractivity contribution in [2.24, 2.45) is 20.5 Å². The average molecular weight is 975 g/mol. The molecule has 0 aliphatic carbocycles.